The predicted molar refractivity (Wildman–Crippen MR) is 113 cm³/mol. The van der Waals surface area contributed by atoms with Crippen molar-refractivity contribution in [3.63, 3.8) is 0 Å². The third kappa shape index (κ3) is 2.89. The number of carbonyl (C=O) groups is 2. The number of H-pyrrole nitrogens is 1. The van der Waals surface area contributed by atoms with Gasteiger partial charge in [-0.3, -0.25) is 19.4 Å². The highest BCUT2D eigenvalue weighted by Crippen LogP contribution is 2.44. The molecule has 3 heterocycles. The molecule has 3 aromatic rings. The number of ketones is 1. The number of nitrogens with zero attached hydrogens (tertiary/aromatic N) is 4. The van der Waals surface area contributed by atoms with E-state index in [0.29, 0.717) is 30.9 Å². The monoisotopic (exact) mass is 406 g/mol. The predicted octanol–water partition coefficient (Wildman–Crippen LogP) is 2.97. The maximum atomic E-state index is 13.1. The molecule has 1 fully saturated rings. The largest absolute Gasteiger partial charge is 0.382 e. The minimum absolute atomic E-state index is 0.00259. The number of rotatable bonds is 2. The number of carbonyl (C=O) groups excluding carboxylic acids is 2. The fraction of sp³-hybridized carbons (Fsp3) is 0.455. The van der Waals surface area contributed by atoms with Crippen LogP contribution in [0.25, 0.3) is 10.9 Å². The lowest BCUT2D eigenvalue weighted by Gasteiger charge is -2.43. The normalized spacial score (nSPS) is 18.4. The molecule has 156 valence electrons. The first-order valence-electron chi connectivity index (χ1n) is 10.5. The molecule has 0 atom stereocenters. The Morgan fingerprint density at radius 2 is 2.00 bits per heavy atom. The summed E-state index contributed by atoms with van der Waals surface area (Å²) in [6, 6.07) is 5.62. The number of amides is 1. The minimum atomic E-state index is -0.0648. The van der Waals surface area contributed by atoms with Crippen LogP contribution in [0.5, 0.6) is 0 Å². The molecule has 0 unspecified atom stereocenters. The van der Waals surface area contributed by atoms with Crippen molar-refractivity contribution in [3.05, 3.63) is 41.2 Å². The second-order valence-electron chi connectivity index (χ2n) is 8.99. The van der Waals surface area contributed by atoms with Gasteiger partial charge in [0.15, 0.2) is 11.6 Å². The van der Waals surface area contributed by atoms with Crippen LogP contribution in [0.4, 0.5) is 5.82 Å². The second kappa shape index (κ2) is 6.68. The fourth-order valence-electron chi connectivity index (χ4n) is 5.00. The van der Waals surface area contributed by atoms with Crippen LogP contribution >= 0.6 is 0 Å². The summed E-state index contributed by atoms with van der Waals surface area (Å²) in [4.78, 5) is 27.9. The molecule has 1 amide bonds. The van der Waals surface area contributed by atoms with Crippen molar-refractivity contribution in [2.24, 2.45) is 5.41 Å². The lowest BCUT2D eigenvalue weighted by Crippen LogP contribution is -2.46. The molecule has 0 saturated carbocycles. The van der Waals surface area contributed by atoms with Crippen LogP contribution in [-0.4, -0.2) is 49.7 Å². The van der Waals surface area contributed by atoms with Gasteiger partial charge in [-0.25, -0.2) is 0 Å². The highest BCUT2D eigenvalue weighted by Gasteiger charge is 2.43. The Bertz CT molecular complexity index is 1150. The number of nitrogen functional groups attached to an aromatic ring is 1. The molecule has 8 heteroatoms. The van der Waals surface area contributed by atoms with E-state index < -0.39 is 0 Å². The van der Waals surface area contributed by atoms with Gasteiger partial charge in [0.1, 0.15) is 5.69 Å². The Hall–Kier alpha value is -3.16. The van der Waals surface area contributed by atoms with E-state index in [1.807, 2.05) is 41.8 Å². The Morgan fingerprint density at radius 1 is 1.23 bits per heavy atom. The van der Waals surface area contributed by atoms with Crippen molar-refractivity contribution < 1.29 is 9.59 Å². The van der Waals surface area contributed by atoms with Gasteiger partial charge in [-0.05, 0) is 56.7 Å². The number of aromatic nitrogens is 4. The molecule has 1 aliphatic carbocycles. The number of fused-ring (bicyclic) bond motifs is 2. The molecule has 30 heavy (non-hydrogen) atoms. The van der Waals surface area contributed by atoms with Crippen LogP contribution in [-0.2, 0) is 6.42 Å². The van der Waals surface area contributed by atoms with Gasteiger partial charge in [0.05, 0.1) is 11.7 Å². The average molecular weight is 406 g/mol. The topological polar surface area (TPSA) is 110 Å². The zero-order valence-corrected chi connectivity index (χ0v) is 17.3. The summed E-state index contributed by atoms with van der Waals surface area (Å²) in [5.41, 5.74) is 9.09. The summed E-state index contributed by atoms with van der Waals surface area (Å²) in [5.74, 6) is 0.585. The maximum Gasteiger partial charge on any atom is 0.253 e. The van der Waals surface area contributed by atoms with Crippen LogP contribution in [0.15, 0.2) is 24.4 Å². The Labute approximate surface area is 174 Å². The quantitative estimate of drug-likeness (QED) is 0.680. The van der Waals surface area contributed by atoms with E-state index in [-0.39, 0.29) is 23.1 Å². The average Bonchev–Trinajstić information content (AvgIpc) is 3.32. The summed E-state index contributed by atoms with van der Waals surface area (Å²) < 4.78 is 1.85. The minimum Gasteiger partial charge on any atom is -0.382 e. The van der Waals surface area contributed by atoms with Crippen molar-refractivity contribution in [3.8, 4) is 0 Å². The summed E-state index contributed by atoms with van der Waals surface area (Å²) in [6.07, 6.45) is 4.91. The SMILES string of the molecule is CC(C)n1ncc2c1C(=O)CC1(CCN(C(=O)c3ccc4[nH]nc(N)c4c3)CC1)C2. The standard InChI is InChI=1S/C22H26N6O2/c1-13(2)28-19-15(12-24-28)10-22(11-18(19)29)5-7-27(8-6-22)21(30)14-3-4-17-16(9-14)20(23)26-25-17/h3-4,9,12-13H,5-8,10-11H2,1-2H3,(H3,23,25,26). The molecular formula is C22H26N6O2. The summed E-state index contributed by atoms with van der Waals surface area (Å²) >= 11 is 0. The van der Waals surface area contributed by atoms with E-state index in [9.17, 15) is 9.59 Å². The van der Waals surface area contributed by atoms with Crippen molar-refractivity contribution in [2.75, 3.05) is 18.8 Å². The number of anilines is 1. The molecule has 0 radical (unpaired) electrons. The van der Waals surface area contributed by atoms with Crippen molar-refractivity contribution in [1.29, 1.82) is 0 Å². The first-order valence-corrected chi connectivity index (χ1v) is 10.5. The molecule has 1 aromatic carbocycles. The van der Waals surface area contributed by atoms with Gasteiger partial charge in [0.2, 0.25) is 0 Å². The third-order valence-electron chi connectivity index (χ3n) is 6.68. The van der Waals surface area contributed by atoms with Gasteiger partial charge in [-0.1, -0.05) is 0 Å². The van der Waals surface area contributed by atoms with Crippen LogP contribution in [0.2, 0.25) is 0 Å². The van der Waals surface area contributed by atoms with Crippen LogP contribution in [0, 0.1) is 5.41 Å². The highest BCUT2D eigenvalue weighted by molar-refractivity contribution is 6.00. The van der Waals surface area contributed by atoms with Gasteiger partial charge in [0, 0.05) is 42.1 Å². The fourth-order valence-corrected chi connectivity index (χ4v) is 5.00. The molecule has 1 saturated heterocycles. The van der Waals surface area contributed by atoms with Gasteiger partial charge in [0.25, 0.3) is 5.91 Å². The molecule has 2 aromatic heterocycles. The molecule has 2 aliphatic rings. The molecule has 1 spiro atoms. The molecule has 3 N–H and O–H groups in total. The highest BCUT2D eigenvalue weighted by atomic mass is 16.2. The van der Waals surface area contributed by atoms with Gasteiger partial charge >= 0.3 is 0 Å². The van der Waals surface area contributed by atoms with Crippen LogP contribution in [0.3, 0.4) is 0 Å². The Morgan fingerprint density at radius 3 is 2.73 bits per heavy atom. The van der Waals surface area contributed by atoms with Gasteiger partial charge in [-0.15, -0.1) is 0 Å². The van der Waals surface area contributed by atoms with E-state index in [1.165, 1.54) is 0 Å². The maximum absolute atomic E-state index is 13.1. The van der Waals surface area contributed by atoms with E-state index in [2.05, 4.69) is 15.3 Å². The number of nitrogens with two attached hydrogens (primary N) is 1. The first kappa shape index (κ1) is 18.8. The molecule has 5 rings (SSSR count). The zero-order valence-electron chi connectivity index (χ0n) is 17.3. The van der Waals surface area contributed by atoms with Crippen molar-refractivity contribution >= 4 is 28.4 Å². The number of piperidine rings is 1. The van der Waals surface area contributed by atoms with E-state index in [1.54, 1.807) is 6.07 Å². The number of Topliss-reactive ketones (excluding diaryl/α,β-unsaturated/α-hetero) is 1. The first-order chi connectivity index (χ1) is 14.4. The summed E-state index contributed by atoms with van der Waals surface area (Å²) in [7, 11) is 0. The van der Waals surface area contributed by atoms with Crippen molar-refractivity contribution in [2.45, 2.75) is 45.6 Å². The lowest BCUT2D eigenvalue weighted by molar-refractivity contribution is 0.0517. The smallest absolute Gasteiger partial charge is 0.253 e. The van der Waals surface area contributed by atoms with E-state index in [0.717, 1.165) is 41.4 Å². The molecule has 1 aliphatic heterocycles. The Balaban J connectivity index is 1.32. The summed E-state index contributed by atoms with van der Waals surface area (Å²) in [5, 5.41) is 12.1. The van der Waals surface area contributed by atoms with E-state index in [4.69, 9.17) is 5.73 Å². The second-order valence-corrected chi connectivity index (χ2v) is 8.99. The lowest BCUT2D eigenvalue weighted by atomic mass is 9.67. The van der Waals surface area contributed by atoms with Crippen LogP contribution < -0.4 is 5.73 Å². The number of hydrogen-bond acceptors (Lipinski definition) is 5. The third-order valence-corrected chi connectivity index (χ3v) is 6.68. The number of likely N-dealkylation sites (tertiary alicyclic amines) is 1. The zero-order chi connectivity index (χ0) is 21.0. The molecular weight excluding hydrogens is 380 g/mol. The van der Waals surface area contributed by atoms with Crippen LogP contribution in [0.1, 0.15) is 65.6 Å². The number of benzene rings is 1. The van der Waals surface area contributed by atoms with Crippen molar-refractivity contribution in [1.82, 2.24) is 24.9 Å². The molecule has 0 bridgehead atoms. The van der Waals surface area contributed by atoms with Gasteiger partial charge in [-0.2, -0.15) is 10.2 Å². The molecule has 8 nitrogen and oxygen atoms in total. The number of hydrogen-bond donors (Lipinski definition) is 2. The van der Waals surface area contributed by atoms with Gasteiger partial charge < -0.3 is 10.6 Å². The number of nitrogens with one attached hydrogen (secondary N) is 1. The summed E-state index contributed by atoms with van der Waals surface area (Å²) in [6.45, 7) is 5.39. The number of aromatic amines is 1. The van der Waals surface area contributed by atoms with E-state index >= 15 is 0 Å². The Kier molecular flexibility index (Phi) is 4.20.